The van der Waals surface area contributed by atoms with Crippen LogP contribution in [0.2, 0.25) is 0 Å². The molecule has 2 fully saturated rings. The van der Waals surface area contributed by atoms with Crippen LogP contribution in [0.5, 0.6) is 0 Å². The fraction of sp³-hybridized carbons (Fsp3) is 0.786. The monoisotopic (exact) mass is 249 g/mol. The molecule has 0 saturated heterocycles. The molecule has 3 rings (SSSR count). The standard InChI is InChI=1S/C14H23N3O/c1-3-18-12-10-11(14(12)7-4-5-8-14)15-13-6-9-17(2)16-13/h6,9,11-12H,3-5,7-8,10H2,1-2H3,(H,15,16). The average Bonchev–Trinajstić information content (AvgIpc) is 2.98. The van der Waals surface area contributed by atoms with Gasteiger partial charge in [0, 0.05) is 37.4 Å². The van der Waals surface area contributed by atoms with Crippen molar-refractivity contribution < 1.29 is 4.74 Å². The van der Waals surface area contributed by atoms with E-state index in [9.17, 15) is 0 Å². The summed E-state index contributed by atoms with van der Waals surface area (Å²) < 4.78 is 7.77. The number of ether oxygens (including phenoxy) is 1. The van der Waals surface area contributed by atoms with Crippen molar-refractivity contribution in [3.8, 4) is 0 Å². The van der Waals surface area contributed by atoms with Crippen molar-refractivity contribution in [3.63, 3.8) is 0 Å². The van der Waals surface area contributed by atoms with Crippen LogP contribution in [0, 0.1) is 5.41 Å². The van der Waals surface area contributed by atoms with Crippen molar-refractivity contribution in [1.82, 2.24) is 9.78 Å². The highest BCUT2D eigenvalue weighted by molar-refractivity contribution is 5.37. The largest absolute Gasteiger partial charge is 0.378 e. The third-order valence-corrected chi connectivity index (χ3v) is 4.72. The fourth-order valence-corrected chi connectivity index (χ4v) is 3.76. The van der Waals surface area contributed by atoms with Gasteiger partial charge in [-0.3, -0.25) is 4.68 Å². The lowest BCUT2D eigenvalue weighted by molar-refractivity contribution is -0.114. The average molecular weight is 249 g/mol. The Hall–Kier alpha value is -1.03. The molecule has 4 nitrogen and oxygen atoms in total. The molecule has 1 heterocycles. The highest BCUT2D eigenvalue weighted by Crippen LogP contribution is 2.55. The van der Waals surface area contributed by atoms with Crippen molar-refractivity contribution >= 4 is 5.82 Å². The van der Waals surface area contributed by atoms with Crippen molar-refractivity contribution in [2.75, 3.05) is 11.9 Å². The van der Waals surface area contributed by atoms with Crippen molar-refractivity contribution in [2.24, 2.45) is 12.5 Å². The van der Waals surface area contributed by atoms with Crippen LogP contribution in [0.3, 0.4) is 0 Å². The fourth-order valence-electron chi connectivity index (χ4n) is 3.76. The van der Waals surface area contributed by atoms with E-state index in [1.54, 1.807) is 0 Å². The maximum absolute atomic E-state index is 5.92. The maximum atomic E-state index is 5.92. The van der Waals surface area contributed by atoms with Crippen LogP contribution in [-0.2, 0) is 11.8 Å². The van der Waals surface area contributed by atoms with Crippen LogP contribution in [0.1, 0.15) is 39.0 Å². The Labute approximate surface area is 109 Å². The summed E-state index contributed by atoms with van der Waals surface area (Å²) in [5.41, 5.74) is 0.382. The van der Waals surface area contributed by atoms with Crippen LogP contribution in [0.25, 0.3) is 0 Å². The predicted octanol–water partition coefficient (Wildman–Crippen LogP) is 2.57. The smallest absolute Gasteiger partial charge is 0.148 e. The van der Waals surface area contributed by atoms with Crippen LogP contribution >= 0.6 is 0 Å². The first-order chi connectivity index (χ1) is 8.74. The number of aryl methyl sites for hydroxylation is 1. The molecule has 2 aliphatic carbocycles. The van der Waals surface area contributed by atoms with Crippen LogP contribution < -0.4 is 5.32 Å². The third-order valence-electron chi connectivity index (χ3n) is 4.72. The van der Waals surface area contributed by atoms with Crippen LogP contribution in [0.4, 0.5) is 5.82 Å². The molecule has 100 valence electrons. The summed E-state index contributed by atoms with van der Waals surface area (Å²) in [5, 5.41) is 8.03. The molecule has 1 N–H and O–H groups in total. The minimum Gasteiger partial charge on any atom is -0.378 e. The van der Waals surface area contributed by atoms with E-state index in [4.69, 9.17) is 4.74 Å². The summed E-state index contributed by atoms with van der Waals surface area (Å²) in [7, 11) is 1.96. The van der Waals surface area contributed by atoms with Crippen molar-refractivity contribution in [1.29, 1.82) is 0 Å². The SMILES string of the molecule is CCOC1CC(Nc2ccn(C)n2)C12CCCC2. The number of nitrogens with zero attached hydrogens (tertiary/aromatic N) is 2. The summed E-state index contributed by atoms with van der Waals surface area (Å²) in [6.45, 7) is 2.94. The molecular formula is C14H23N3O. The van der Waals surface area contributed by atoms with Gasteiger partial charge in [-0.1, -0.05) is 12.8 Å². The van der Waals surface area contributed by atoms with Crippen molar-refractivity contribution in [3.05, 3.63) is 12.3 Å². The van der Waals surface area contributed by atoms with Gasteiger partial charge in [0.25, 0.3) is 0 Å². The van der Waals surface area contributed by atoms with E-state index >= 15 is 0 Å². The Kier molecular flexibility index (Phi) is 3.06. The predicted molar refractivity (Wildman–Crippen MR) is 71.6 cm³/mol. The Balaban J connectivity index is 1.70. The van der Waals surface area contributed by atoms with Gasteiger partial charge < -0.3 is 10.1 Å². The minimum atomic E-state index is 0.382. The second-order valence-electron chi connectivity index (χ2n) is 5.69. The van der Waals surface area contributed by atoms with E-state index in [1.165, 1.54) is 25.7 Å². The van der Waals surface area contributed by atoms with E-state index in [1.807, 2.05) is 17.9 Å². The van der Waals surface area contributed by atoms with Gasteiger partial charge in [0.05, 0.1) is 6.10 Å². The Bertz CT molecular complexity index is 409. The lowest BCUT2D eigenvalue weighted by Gasteiger charge is -2.54. The molecule has 1 aromatic rings. The first-order valence-corrected chi connectivity index (χ1v) is 7.12. The highest BCUT2D eigenvalue weighted by Gasteiger charge is 2.56. The number of hydrogen-bond acceptors (Lipinski definition) is 3. The Morgan fingerprint density at radius 2 is 2.28 bits per heavy atom. The number of nitrogens with one attached hydrogen (secondary N) is 1. The maximum Gasteiger partial charge on any atom is 0.148 e. The summed E-state index contributed by atoms with van der Waals surface area (Å²) in [6.07, 6.45) is 8.90. The van der Waals surface area contributed by atoms with E-state index < -0.39 is 0 Å². The minimum absolute atomic E-state index is 0.382. The number of rotatable bonds is 4. The molecule has 1 aromatic heterocycles. The van der Waals surface area contributed by atoms with Crippen LogP contribution in [-0.4, -0.2) is 28.5 Å². The Morgan fingerprint density at radius 1 is 1.50 bits per heavy atom. The Morgan fingerprint density at radius 3 is 2.89 bits per heavy atom. The lowest BCUT2D eigenvalue weighted by atomic mass is 9.60. The molecule has 2 unspecified atom stereocenters. The van der Waals surface area contributed by atoms with Gasteiger partial charge in [0.15, 0.2) is 0 Å². The zero-order valence-corrected chi connectivity index (χ0v) is 11.4. The molecule has 2 saturated carbocycles. The van der Waals surface area contributed by atoms with E-state index in [-0.39, 0.29) is 0 Å². The van der Waals surface area contributed by atoms with Gasteiger partial charge in [-0.05, 0) is 26.2 Å². The molecule has 0 aliphatic heterocycles. The van der Waals surface area contributed by atoms with Gasteiger partial charge in [0.2, 0.25) is 0 Å². The lowest BCUT2D eigenvalue weighted by Crippen LogP contribution is -2.60. The van der Waals surface area contributed by atoms with Crippen molar-refractivity contribution in [2.45, 2.75) is 51.2 Å². The molecule has 0 aromatic carbocycles. The first-order valence-electron chi connectivity index (χ1n) is 7.12. The zero-order valence-electron chi connectivity index (χ0n) is 11.4. The van der Waals surface area contributed by atoms with E-state index in [0.29, 0.717) is 17.6 Å². The summed E-state index contributed by atoms with van der Waals surface area (Å²) in [6, 6.07) is 2.60. The normalized spacial score (nSPS) is 29.4. The molecular weight excluding hydrogens is 226 g/mol. The molecule has 0 bridgehead atoms. The molecule has 18 heavy (non-hydrogen) atoms. The first kappa shape index (κ1) is 12.0. The van der Waals surface area contributed by atoms with E-state index in [2.05, 4.69) is 23.4 Å². The number of aromatic nitrogens is 2. The molecule has 2 atom stereocenters. The number of hydrogen-bond donors (Lipinski definition) is 1. The quantitative estimate of drug-likeness (QED) is 0.891. The summed E-state index contributed by atoms with van der Waals surface area (Å²) >= 11 is 0. The third kappa shape index (κ3) is 1.83. The second-order valence-corrected chi connectivity index (χ2v) is 5.69. The topological polar surface area (TPSA) is 39.1 Å². The van der Waals surface area contributed by atoms with Gasteiger partial charge in [0.1, 0.15) is 5.82 Å². The summed E-state index contributed by atoms with van der Waals surface area (Å²) in [5.74, 6) is 1.00. The van der Waals surface area contributed by atoms with Gasteiger partial charge in [-0.15, -0.1) is 0 Å². The molecule has 0 amide bonds. The molecule has 0 radical (unpaired) electrons. The van der Waals surface area contributed by atoms with Gasteiger partial charge in [-0.25, -0.2) is 0 Å². The molecule has 2 aliphatic rings. The second kappa shape index (κ2) is 4.57. The van der Waals surface area contributed by atoms with Gasteiger partial charge >= 0.3 is 0 Å². The van der Waals surface area contributed by atoms with Gasteiger partial charge in [-0.2, -0.15) is 5.10 Å². The van der Waals surface area contributed by atoms with Crippen LogP contribution in [0.15, 0.2) is 12.3 Å². The van der Waals surface area contributed by atoms with E-state index in [0.717, 1.165) is 18.8 Å². The summed E-state index contributed by atoms with van der Waals surface area (Å²) in [4.78, 5) is 0. The highest BCUT2D eigenvalue weighted by atomic mass is 16.5. The number of anilines is 1. The molecule has 4 heteroatoms. The molecule has 1 spiro atoms. The zero-order chi connectivity index (χ0) is 12.6.